The number of nitrogens with one attached hydrogen (secondary N) is 1. The highest BCUT2D eigenvalue weighted by atomic mass is 35.5. The molecule has 50 heavy (non-hydrogen) atoms. The monoisotopic (exact) mass is 726 g/mol. The fraction of sp³-hybridized carbons (Fsp3) is 0.143. The zero-order valence-corrected chi connectivity index (χ0v) is 27.4. The number of aryl methyl sites for hydroxylation is 1. The number of benzene rings is 4. The molecule has 0 radical (unpaired) electrons. The van der Waals surface area contributed by atoms with Crippen LogP contribution in [-0.4, -0.2) is 30.5 Å². The first-order valence-electron chi connectivity index (χ1n) is 14.8. The maximum absolute atomic E-state index is 13.4. The van der Waals surface area contributed by atoms with E-state index < -0.39 is 34.8 Å². The lowest BCUT2D eigenvalue weighted by Gasteiger charge is -2.14. The summed E-state index contributed by atoms with van der Waals surface area (Å²) in [6, 6.07) is 24.4. The van der Waals surface area contributed by atoms with Gasteiger partial charge in [-0.25, -0.2) is 18.4 Å². The van der Waals surface area contributed by atoms with Gasteiger partial charge < -0.3 is 10.1 Å². The Morgan fingerprint density at radius 2 is 1.68 bits per heavy atom. The van der Waals surface area contributed by atoms with Crippen LogP contribution >= 0.6 is 23.2 Å². The Labute approximate surface area is 292 Å². The van der Waals surface area contributed by atoms with Gasteiger partial charge in [-0.3, -0.25) is 9.48 Å². The van der Waals surface area contributed by atoms with Crippen LogP contribution in [0.3, 0.4) is 0 Å². The number of carbonyl (C=O) groups is 1. The van der Waals surface area contributed by atoms with Gasteiger partial charge in [-0.15, -0.1) is 0 Å². The van der Waals surface area contributed by atoms with Gasteiger partial charge in [-0.2, -0.15) is 23.4 Å². The molecule has 1 amide bonds. The first kappa shape index (κ1) is 34.7. The van der Waals surface area contributed by atoms with E-state index in [0.29, 0.717) is 22.7 Å². The van der Waals surface area contributed by atoms with Crippen LogP contribution in [0.2, 0.25) is 10.0 Å². The molecule has 2 atom stereocenters. The molecular weight excluding hydrogens is 702 g/mol. The van der Waals surface area contributed by atoms with Crippen molar-refractivity contribution >= 4 is 34.8 Å². The maximum atomic E-state index is 13.4. The SMILES string of the molecule is Cn1cc(C(=O)Nc2ccccc2-c2ccc(F)c(Cl)c2)c(C(F)(F)F)n1.Fc1ccc(C2(Cn3cncn3)OC2c2ccccc2Cl)cc1. The number of anilines is 1. The minimum absolute atomic E-state index is 0.111. The third-order valence-electron chi connectivity index (χ3n) is 7.83. The molecule has 15 heteroatoms. The van der Waals surface area contributed by atoms with E-state index in [1.807, 2.05) is 24.3 Å². The minimum Gasteiger partial charge on any atom is -0.354 e. The summed E-state index contributed by atoms with van der Waals surface area (Å²) in [4.78, 5) is 16.4. The maximum Gasteiger partial charge on any atom is 0.435 e. The number of carbonyl (C=O) groups excluding carboxylic acids is 1. The molecule has 2 aromatic heterocycles. The van der Waals surface area contributed by atoms with Gasteiger partial charge in [-0.1, -0.05) is 77.8 Å². The van der Waals surface area contributed by atoms with Crippen molar-refractivity contribution in [1.82, 2.24) is 24.5 Å². The van der Waals surface area contributed by atoms with Crippen LogP contribution in [0.1, 0.15) is 33.3 Å². The van der Waals surface area contributed by atoms with Gasteiger partial charge in [0, 0.05) is 35.1 Å². The van der Waals surface area contributed by atoms with E-state index in [-0.39, 0.29) is 22.6 Å². The molecule has 0 bridgehead atoms. The van der Waals surface area contributed by atoms with Crippen molar-refractivity contribution in [3.8, 4) is 11.1 Å². The van der Waals surface area contributed by atoms with Crippen molar-refractivity contribution in [1.29, 1.82) is 0 Å². The van der Waals surface area contributed by atoms with Crippen LogP contribution in [0.25, 0.3) is 11.1 Å². The number of nitrogens with zero attached hydrogens (tertiary/aromatic N) is 5. The standard InChI is InChI=1S/C18H12ClF4N3O.C17H13ClFN3O/c1-26-9-12(16(25-26)18(21,22)23)17(27)24-15-5-3-2-4-11(15)10-6-7-14(20)13(19)8-10;18-15-4-2-1-3-14(15)16-17(23-16,9-22-11-20-10-21-22)12-5-7-13(19)8-6-12/h2-9H,1H3,(H,24,27);1-8,10-11,16H,9H2. The van der Waals surface area contributed by atoms with Crippen LogP contribution < -0.4 is 5.32 Å². The Kier molecular flexibility index (Phi) is 9.74. The fourth-order valence-electron chi connectivity index (χ4n) is 5.46. The highest BCUT2D eigenvalue weighted by molar-refractivity contribution is 6.31. The first-order chi connectivity index (χ1) is 23.9. The Balaban J connectivity index is 0.000000175. The molecule has 1 fully saturated rings. The van der Waals surface area contributed by atoms with E-state index in [1.54, 1.807) is 41.3 Å². The molecule has 7 rings (SSSR count). The molecule has 1 N–H and O–H groups in total. The lowest BCUT2D eigenvalue weighted by atomic mass is 9.91. The van der Waals surface area contributed by atoms with Crippen LogP contribution in [0.5, 0.6) is 0 Å². The molecule has 1 aliphatic heterocycles. The minimum atomic E-state index is -4.77. The molecular formula is C35H25Cl2F5N6O2. The van der Waals surface area contributed by atoms with Gasteiger partial charge in [0.05, 0.1) is 17.1 Å². The van der Waals surface area contributed by atoms with Crippen LogP contribution in [-0.2, 0) is 30.1 Å². The molecule has 0 aliphatic carbocycles. The second kappa shape index (κ2) is 14.0. The summed E-state index contributed by atoms with van der Waals surface area (Å²) in [5, 5.41) is 10.5. The number of amides is 1. The molecule has 2 unspecified atom stereocenters. The van der Waals surface area contributed by atoms with Crippen molar-refractivity contribution in [3.63, 3.8) is 0 Å². The number of alkyl halides is 3. The van der Waals surface area contributed by atoms with Gasteiger partial charge in [0.2, 0.25) is 0 Å². The summed E-state index contributed by atoms with van der Waals surface area (Å²) in [5.41, 5.74) is 0.540. The highest BCUT2D eigenvalue weighted by Gasteiger charge is 2.59. The zero-order valence-electron chi connectivity index (χ0n) is 25.9. The Hall–Kier alpha value is -5.11. The summed E-state index contributed by atoms with van der Waals surface area (Å²) in [7, 11) is 1.29. The fourth-order valence-corrected chi connectivity index (χ4v) is 5.87. The molecule has 1 saturated heterocycles. The summed E-state index contributed by atoms with van der Waals surface area (Å²) < 4.78 is 74.6. The van der Waals surface area contributed by atoms with Gasteiger partial charge in [0.25, 0.3) is 5.91 Å². The van der Waals surface area contributed by atoms with Crippen molar-refractivity contribution < 1.29 is 31.5 Å². The van der Waals surface area contributed by atoms with E-state index in [1.165, 1.54) is 49.8 Å². The number of rotatable bonds is 7. The second-order valence-corrected chi connectivity index (χ2v) is 12.0. The average Bonchev–Trinajstić information content (AvgIpc) is 3.35. The Bertz CT molecular complexity index is 2140. The number of epoxide rings is 1. The summed E-state index contributed by atoms with van der Waals surface area (Å²) in [6.45, 7) is 0.481. The predicted molar refractivity (Wildman–Crippen MR) is 176 cm³/mol. The average molecular weight is 728 g/mol. The smallest absolute Gasteiger partial charge is 0.354 e. The Morgan fingerprint density at radius 3 is 2.36 bits per heavy atom. The topological polar surface area (TPSA) is 90.2 Å². The summed E-state index contributed by atoms with van der Waals surface area (Å²) in [5.74, 6) is -1.84. The zero-order chi connectivity index (χ0) is 35.6. The van der Waals surface area contributed by atoms with E-state index in [9.17, 15) is 26.7 Å². The van der Waals surface area contributed by atoms with Crippen molar-refractivity contribution in [2.24, 2.45) is 7.05 Å². The largest absolute Gasteiger partial charge is 0.435 e. The van der Waals surface area contributed by atoms with E-state index >= 15 is 0 Å². The quantitative estimate of drug-likeness (QED) is 0.131. The molecule has 4 aromatic carbocycles. The molecule has 0 spiro atoms. The molecule has 8 nitrogen and oxygen atoms in total. The lowest BCUT2D eigenvalue weighted by Crippen LogP contribution is -2.19. The highest BCUT2D eigenvalue weighted by Crippen LogP contribution is 2.59. The molecule has 1 aliphatic rings. The number of hydrogen-bond acceptors (Lipinski definition) is 5. The van der Waals surface area contributed by atoms with Crippen LogP contribution in [0, 0.1) is 11.6 Å². The van der Waals surface area contributed by atoms with Crippen LogP contribution in [0.4, 0.5) is 27.6 Å². The number of para-hydroxylation sites is 1. The number of aromatic nitrogens is 5. The van der Waals surface area contributed by atoms with Crippen LogP contribution in [0.15, 0.2) is 110 Å². The molecule has 6 aromatic rings. The predicted octanol–water partition coefficient (Wildman–Crippen LogP) is 8.89. The van der Waals surface area contributed by atoms with Crippen molar-refractivity contribution in [3.05, 3.63) is 154 Å². The van der Waals surface area contributed by atoms with Crippen molar-refractivity contribution in [2.75, 3.05) is 5.32 Å². The second-order valence-electron chi connectivity index (χ2n) is 11.2. The van der Waals surface area contributed by atoms with E-state index in [4.69, 9.17) is 27.9 Å². The number of halogens is 7. The number of ether oxygens (including phenoxy) is 1. The summed E-state index contributed by atoms with van der Waals surface area (Å²) >= 11 is 12.1. The molecule has 0 saturated carbocycles. The van der Waals surface area contributed by atoms with Gasteiger partial charge in [0.15, 0.2) is 5.69 Å². The first-order valence-corrected chi connectivity index (χ1v) is 15.6. The molecule has 3 heterocycles. The normalized spacial score (nSPS) is 16.8. The summed E-state index contributed by atoms with van der Waals surface area (Å²) in [6.07, 6.45) is -0.860. The van der Waals surface area contributed by atoms with Gasteiger partial charge in [-0.05, 0) is 47.5 Å². The van der Waals surface area contributed by atoms with Gasteiger partial charge in [0.1, 0.15) is 36.0 Å². The lowest BCUT2D eigenvalue weighted by molar-refractivity contribution is -0.141. The third kappa shape index (κ3) is 7.39. The van der Waals surface area contributed by atoms with Gasteiger partial charge >= 0.3 is 6.18 Å². The third-order valence-corrected chi connectivity index (χ3v) is 8.46. The van der Waals surface area contributed by atoms with Crippen molar-refractivity contribution in [2.45, 2.75) is 24.4 Å². The molecule has 256 valence electrons. The van der Waals surface area contributed by atoms with E-state index in [0.717, 1.165) is 22.0 Å². The Morgan fingerprint density at radius 1 is 0.960 bits per heavy atom. The van der Waals surface area contributed by atoms with E-state index in [2.05, 4.69) is 20.5 Å². The number of hydrogen-bond donors (Lipinski definition) is 1.